The number of ether oxygens (including phenoxy) is 1. The van der Waals surface area contributed by atoms with Crippen molar-refractivity contribution in [3.63, 3.8) is 0 Å². The minimum absolute atomic E-state index is 0.00772. The lowest BCUT2D eigenvalue weighted by Gasteiger charge is -2.14. The molecule has 3 rings (SSSR count). The van der Waals surface area contributed by atoms with Crippen LogP contribution in [0.4, 0.5) is 13.2 Å². The summed E-state index contributed by atoms with van der Waals surface area (Å²) in [5.74, 6) is -0.400. The molecule has 0 aliphatic heterocycles. The van der Waals surface area contributed by atoms with E-state index in [1.165, 1.54) is 12.1 Å². The molecule has 0 aliphatic rings. The number of aliphatic hydroxyl groups is 1. The third-order valence-corrected chi connectivity index (χ3v) is 4.44. The SMILES string of the molecule is Cc1cc(C)c2cc(C(=O)NCC(O)COc3cccc(C(F)(F)F)c3)[nH]c2c1. The van der Waals surface area contributed by atoms with Gasteiger partial charge in [0.05, 0.1) is 5.56 Å². The van der Waals surface area contributed by atoms with Gasteiger partial charge in [0.15, 0.2) is 0 Å². The fourth-order valence-electron chi connectivity index (χ4n) is 3.04. The second-order valence-electron chi connectivity index (χ2n) is 6.93. The maximum atomic E-state index is 12.7. The molecular weight excluding hydrogens is 385 g/mol. The number of carbonyl (C=O) groups excluding carboxylic acids is 1. The molecule has 0 bridgehead atoms. The van der Waals surface area contributed by atoms with Crippen molar-refractivity contribution in [2.24, 2.45) is 0 Å². The van der Waals surface area contributed by atoms with Crippen molar-refractivity contribution < 1.29 is 27.8 Å². The Hall–Kier alpha value is -3.00. The van der Waals surface area contributed by atoms with Gasteiger partial charge in [0, 0.05) is 17.4 Å². The van der Waals surface area contributed by atoms with Crippen LogP contribution < -0.4 is 10.1 Å². The number of rotatable bonds is 6. The van der Waals surface area contributed by atoms with Gasteiger partial charge in [0.1, 0.15) is 24.2 Å². The first kappa shape index (κ1) is 20.7. The predicted molar refractivity (Wildman–Crippen MR) is 103 cm³/mol. The van der Waals surface area contributed by atoms with Gasteiger partial charge < -0.3 is 20.1 Å². The van der Waals surface area contributed by atoms with E-state index in [1.807, 2.05) is 26.0 Å². The number of aromatic amines is 1. The van der Waals surface area contributed by atoms with E-state index in [4.69, 9.17) is 4.74 Å². The van der Waals surface area contributed by atoms with Crippen molar-refractivity contribution in [2.75, 3.05) is 13.2 Å². The van der Waals surface area contributed by atoms with Gasteiger partial charge in [-0.2, -0.15) is 13.2 Å². The van der Waals surface area contributed by atoms with Crippen molar-refractivity contribution in [1.82, 2.24) is 10.3 Å². The Balaban J connectivity index is 1.55. The summed E-state index contributed by atoms with van der Waals surface area (Å²) in [7, 11) is 0. The molecule has 8 heteroatoms. The van der Waals surface area contributed by atoms with Gasteiger partial charge in [0.25, 0.3) is 5.91 Å². The summed E-state index contributed by atoms with van der Waals surface area (Å²) in [5.41, 5.74) is 2.50. The first-order valence-corrected chi connectivity index (χ1v) is 9.00. The summed E-state index contributed by atoms with van der Waals surface area (Å²) in [4.78, 5) is 15.4. The van der Waals surface area contributed by atoms with Crippen molar-refractivity contribution in [3.8, 4) is 5.75 Å². The highest BCUT2D eigenvalue weighted by atomic mass is 19.4. The van der Waals surface area contributed by atoms with Crippen LogP contribution in [-0.4, -0.2) is 35.3 Å². The van der Waals surface area contributed by atoms with E-state index in [-0.39, 0.29) is 18.9 Å². The summed E-state index contributed by atoms with van der Waals surface area (Å²) < 4.78 is 43.3. The number of carbonyl (C=O) groups is 1. The van der Waals surface area contributed by atoms with Crippen LogP contribution in [0.2, 0.25) is 0 Å². The van der Waals surface area contributed by atoms with Crippen molar-refractivity contribution >= 4 is 16.8 Å². The van der Waals surface area contributed by atoms with Crippen LogP contribution in [0.15, 0.2) is 42.5 Å². The maximum absolute atomic E-state index is 12.7. The number of alkyl halides is 3. The number of amides is 1. The zero-order valence-electron chi connectivity index (χ0n) is 15.9. The minimum Gasteiger partial charge on any atom is -0.491 e. The number of hydrogen-bond acceptors (Lipinski definition) is 3. The van der Waals surface area contributed by atoms with E-state index in [9.17, 15) is 23.1 Å². The smallest absolute Gasteiger partial charge is 0.416 e. The third kappa shape index (κ3) is 5.08. The Labute approximate surface area is 165 Å². The average molecular weight is 406 g/mol. The monoisotopic (exact) mass is 406 g/mol. The molecule has 1 aromatic heterocycles. The van der Waals surface area contributed by atoms with Crippen LogP contribution in [0.5, 0.6) is 5.75 Å². The van der Waals surface area contributed by atoms with Crippen LogP contribution in [0.25, 0.3) is 10.9 Å². The maximum Gasteiger partial charge on any atom is 0.416 e. The molecule has 1 amide bonds. The molecule has 0 radical (unpaired) electrons. The van der Waals surface area contributed by atoms with E-state index in [0.29, 0.717) is 5.69 Å². The highest BCUT2D eigenvalue weighted by Crippen LogP contribution is 2.31. The molecule has 1 atom stereocenters. The number of aromatic nitrogens is 1. The molecule has 2 aromatic carbocycles. The van der Waals surface area contributed by atoms with E-state index in [2.05, 4.69) is 10.3 Å². The molecule has 0 spiro atoms. The van der Waals surface area contributed by atoms with Gasteiger partial charge >= 0.3 is 6.18 Å². The molecule has 154 valence electrons. The zero-order chi connectivity index (χ0) is 21.2. The van der Waals surface area contributed by atoms with E-state index in [1.54, 1.807) is 6.07 Å². The van der Waals surface area contributed by atoms with Crippen molar-refractivity contribution in [1.29, 1.82) is 0 Å². The van der Waals surface area contributed by atoms with E-state index in [0.717, 1.165) is 34.2 Å². The molecule has 1 unspecified atom stereocenters. The molecule has 3 N–H and O–H groups in total. The Morgan fingerprint density at radius 2 is 1.97 bits per heavy atom. The molecule has 29 heavy (non-hydrogen) atoms. The van der Waals surface area contributed by atoms with Crippen LogP contribution in [0.3, 0.4) is 0 Å². The van der Waals surface area contributed by atoms with Crippen LogP contribution >= 0.6 is 0 Å². The molecule has 0 saturated heterocycles. The fourth-order valence-corrected chi connectivity index (χ4v) is 3.04. The van der Waals surface area contributed by atoms with Crippen molar-refractivity contribution in [2.45, 2.75) is 26.1 Å². The van der Waals surface area contributed by atoms with Gasteiger partial charge in [-0.15, -0.1) is 0 Å². The lowest BCUT2D eigenvalue weighted by atomic mass is 10.1. The van der Waals surface area contributed by atoms with Gasteiger partial charge in [-0.25, -0.2) is 0 Å². The quantitative estimate of drug-likeness (QED) is 0.580. The number of benzene rings is 2. The molecule has 5 nitrogen and oxygen atoms in total. The number of aliphatic hydroxyl groups excluding tert-OH is 1. The topological polar surface area (TPSA) is 74.3 Å². The highest BCUT2D eigenvalue weighted by molar-refractivity contribution is 5.99. The minimum atomic E-state index is -4.47. The zero-order valence-corrected chi connectivity index (χ0v) is 15.9. The predicted octanol–water partition coefficient (Wildman–Crippen LogP) is 3.97. The molecule has 3 aromatic rings. The fraction of sp³-hybridized carbons (Fsp3) is 0.286. The van der Waals surface area contributed by atoms with E-state index >= 15 is 0 Å². The molecule has 0 fully saturated rings. The summed E-state index contributed by atoms with van der Waals surface area (Å²) >= 11 is 0. The Morgan fingerprint density at radius 3 is 2.69 bits per heavy atom. The number of hydrogen-bond donors (Lipinski definition) is 3. The first-order chi connectivity index (χ1) is 13.6. The number of halogens is 3. The molecule has 1 heterocycles. The lowest BCUT2D eigenvalue weighted by Crippen LogP contribution is -2.35. The standard InChI is InChI=1S/C21H21F3N2O3/c1-12-6-13(2)17-9-19(26-18(17)7-12)20(28)25-10-15(27)11-29-16-5-3-4-14(8-16)21(22,23)24/h3-9,15,26-27H,10-11H2,1-2H3,(H,25,28). The van der Waals surface area contributed by atoms with E-state index < -0.39 is 23.8 Å². The molecular formula is C21H21F3N2O3. The average Bonchev–Trinajstić information content (AvgIpc) is 3.08. The Kier molecular flexibility index (Phi) is 5.83. The second kappa shape index (κ2) is 8.16. The summed E-state index contributed by atoms with van der Waals surface area (Å²) in [6.07, 6.45) is -5.55. The number of nitrogens with one attached hydrogen (secondary N) is 2. The van der Waals surface area contributed by atoms with Gasteiger partial charge in [-0.05, 0) is 55.3 Å². The largest absolute Gasteiger partial charge is 0.491 e. The summed E-state index contributed by atoms with van der Waals surface area (Å²) in [5, 5.41) is 13.5. The normalized spacial score (nSPS) is 12.8. The Bertz CT molecular complexity index is 1030. The molecule has 0 saturated carbocycles. The third-order valence-electron chi connectivity index (χ3n) is 4.44. The first-order valence-electron chi connectivity index (χ1n) is 9.00. The number of H-pyrrole nitrogens is 1. The molecule has 0 aliphatic carbocycles. The second-order valence-corrected chi connectivity index (χ2v) is 6.93. The number of fused-ring (bicyclic) bond motifs is 1. The van der Waals surface area contributed by atoms with Crippen LogP contribution in [-0.2, 0) is 6.18 Å². The van der Waals surface area contributed by atoms with Crippen molar-refractivity contribution in [3.05, 3.63) is 64.8 Å². The van der Waals surface area contributed by atoms with Gasteiger partial charge in [-0.1, -0.05) is 12.1 Å². The summed E-state index contributed by atoms with van der Waals surface area (Å²) in [6, 6.07) is 10.1. The number of aryl methyl sites for hydroxylation is 2. The van der Waals surface area contributed by atoms with Crippen LogP contribution in [0.1, 0.15) is 27.2 Å². The Morgan fingerprint density at radius 1 is 1.21 bits per heavy atom. The lowest BCUT2D eigenvalue weighted by molar-refractivity contribution is -0.137. The summed E-state index contributed by atoms with van der Waals surface area (Å²) in [6.45, 7) is 3.56. The highest BCUT2D eigenvalue weighted by Gasteiger charge is 2.30. The van der Waals surface area contributed by atoms with Crippen LogP contribution in [0, 0.1) is 13.8 Å². The van der Waals surface area contributed by atoms with Gasteiger partial charge in [-0.3, -0.25) is 4.79 Å². The van der Waals surface area contributed by atoms with Gasteiger partial charge in [0.2, 0.25) is 0 Å².